The van der Waals surface area contributed by atoms with Gasteiger partial charge in [0.05, 0.1) is 5.52 Å². The number of nitrogen functional groups attached to an aromatic ring is 1. The summed E-state index contributed by atoms with van der Waals surface area (Å²) in [7, 11) is 0. The molecule has 102 valence electrons. The van der Waals surface area contributed by atoms with Gasteiger partial charge in [-0.15, -0.1) is 0 Å². The Morgan fingerprint density at radius 3 is 2.75 bits per heavy atom. The van der Waals surface area contributed by atoms with Crippen molar-refractivity contribution in [2.75, 3.05) is 5.73 Å². The van der Waals surface area contributed by atoms with Crippen LogP contribution in [-0.2, 0) is 0 Å². The van der Waals surface area contributed by atoms with E-state index in [4.69, 9.17) is 5.73 Å². The summed E-state index contributed by atoms with van der Waals surface area (Å²) >= 11 is 0. The van der Waals surface area contributed by atoms with Gasteiger partial charge in [0.2, 0.25) is 0 Å². The Kier molecular flexibility index (Phi) is 2.86. The second kappa shape index (κ2) is 4.56. The Balaban J connectivity index is 2.18. The first-order valence-corrected chi connectivity index (χ1v) is 6.63. The Labute approximate surface area is 117 Å². The molecule has 0 unspecified atom stereocenters. The Morgan fingerprint density at radius 1 is 1.20 bits per heavy atom. The number of para-hydroxylation sites is 1. The zero-order valence-corrected chi connectivity index (χ0v) is 11.5. The summed E-state index contributed by atoms with van der Waals surface area (Å²) in [4.78, 5) is 0. The number of aromatic amines is 1. The largest absolute Gasteiger partial charge is 0.507 e. The van der Waals surface area contributed by atoms with Crippen molar-refractivity contribution in [2.24, 2.45) is 0 Å². The SMILES string of the molecule is CC(C)c1cccc(-c2ccc3c(N)n[nH]c3c2)c1O. The molecule has 3 aromatic rings. The van der Waals surface area contributed by atoms with Gasteiger partial charge < -0.3 is 10.8 Å². The van der Waals surface area contributed by atoms with Crippen LogP contribution >= 0.6 is 0 Å². The van der Waals surface area contributed by atoms with Crippen LogP contribution in [0.2, 0.25) is 0 Å². The number of nitrogens with two attached hydrogens (primary N) is 1. The lowest BCUT2D eigenvalue weighted by Gasteiger charge is -2.12. The third-order valence-electron chi connectivity index (χ3n) is 3.59. The van der Waals surface area contributed by atoms with E-state index < -0.39 is 0 Å². The number of benzene rings is 2. The fraction of sp³-hybridized carbons (Fsp3) is 0.188. The van der Waals surface area contributed by atoms with Gasteiger partial charge in [0, 0.05) is 10.9 Å². The third kappa shape index (κ3) is 1.90. The van der Waals surface area contributed by atoms with E-state index in [1.165, 1.54) is 0 Å². The first kappa shape index (κ1) is 12.5. The van der Waals surface area contributed by atoms with E-state index in [0.29, 0.717) is 11.6 Å². The van der Waals surface area contributed by atoms with Crippen LogP contribution in [0.15, 0.2) is 36.4 Å². The molecule has 0 radical (unpaired) electrons. The van der Waals surface area contributed by atoms with E-state index in [9.17, 15) is 5.11 Å². The van der Waals surface area contributed by atoms with Gasteiger partial charge in [-0.1, -0.05) is 38.1 Å². The fourth-order valence-electron chi connectivity index (χ4n) is 2.47. The number of rotatable bonds is 2. The molecule has 0 atom stereocenters. The van der Waals surface area contributed by atoms with Crippen LogP contribution in [0, 0.1) is 0 Å². The first-order chi connectivity index (χ1) is 9.58. The minimum Gasteiger partial charge on any atom is -0.507 e. The minimum absolute atomic E-state index is 0.279. The lowest BCUT2D eigenvalue weighted by Crippen LogP contribution is -1.90. The molecule has 0 spiro atoms. The van der Waals surface area contributed by atoms with Crippen molar-refractivity contribution < 1.29 is 5.11 Å². The molecule has 20 heavy (non-hydrogen) atoms. The van der Waals surface area contributed by atoms with Gasteiger partial charge in [-0.2, -0.15) is 5.10 Å². The van der Waals surface area contributed by atoms with Gasteiger partial charge in [0.15, 0.2) is 5.82 Å². The average molecular weight is 267 g/mol. The molecule has 0 bridgehead atoms. The number of phenolic OH excluding ortho intramolecular Hbond substituents is 1. The number of nitrogens with zero attached hydrogens (tertiary/aromatic N) is 1. The number of aromatic nitrogens is 2. The molecule has 3 rings (SSSR count). The summed E-state index contributed by atoms with van der Waals surface area (Å²) < 4.78 is 0. The lowest BCUT2D eigenvalue weighted by atomic mass is 9.95. The molecule has 1 aromatic heterocycles. The molecule has 4 heteroatoms. The van der Waals surface area contributed by atoms with Crippen molar-refractivity contribution in [2.45, 2.75) is 19.8 Å². The maximum atomic E-state index is 10.4. The van der Waals surface area contributed by atoms with Gasteiger partial charge in [-0.05, 0) is 29.2 Å². The molecule has 2 aromatic carbocycles. The van der Waals surface area contributed by atoms with E-state index >= 15 is 0 Å². The minimum atomic E-state index is 0.279. The Bertz CT molecular complexity index is 774. The fourth-order valence-corrected chi connectivity index (χ4v) is 2.47. The van der Waals surface area contributed by atoms with Crippen molar-refractivity contribution in [3.63, 3.8) is 0 Å². The molecule has 0 saturated heterocycles. The number of hydrogen-bond acceptors (Lipinski definition) is 3. The summed E-state index contributed by atoms with van der Waals surface area (Å²) in [6.45, 7) is 4.13. The van der Waals surface area contributed by atoms with Crippen LogP contribution in [0.5, 0.6) is 5.75 Å². The van der Waals surface area contributed by atoms with Gasteiger partial charge >= 0.3 is 0 Å². The molecular weight excluding hydrogens is 250 g/mol. The first-order valence-electron chi connectivity index (χ1n) is 6.63. The second-order valence-electron chi connectivity index (χ2n) is 5.27. The third-order valence-corrected chi connectivity index (χ3v) is 3.59. The number of fused-ring (bicyclic) bond motifs is 1. The number of nitrogens with one attached hydrogen (secondary N) is 1. The van der Waals surface area contributed by atoms with E-state index in [1.54, 1.807) is 0 Å². The summed E-state index contributed by atoms with van der Waals surface area (Å²) in [5.74, 6) is 1.11. The maximum Gasteiger partial charge on any atom is 0.153 e. The van der Waals surface area contributed by atoms with E-state index in [2.05, 4.69) is 24.0 Å². The predicted molar refractivity (Wildman–Crippen MR) is 81.7 cm³/mol. The molecule has 1 heterocycles. The van der Waals surface area contributed by atoms with E-state index in [0.717, 1.165) is 27.6 Å². The Hall–Kier alpha value is -2.49. The molecule has 0 aliphatic heterocycles. The molecule has 0 saturated carbocycles. The summed E-state index contributed by atoms with van der Waals surface area (Å²) in [6.07, 6.45) is 0. The smallest absolute Gasteiger partial charge is 0.153 e. The molecular formula is C16H17N3O. The highest BCUT2D eigenvalue weighted by molar-refractivity contribution is 5.92. The molecule has 0 amide bonds. The van der Waals surface area contributed by atoms with Crippen LogP contribution in [-0.4, -0.2) is 15.3 Å². The number of aromatic hydroxyl groups is 1. The van der Waals surface area contributed by atoms with E-state index in [-0.39, 0.29) is 5.92 Å². The highest BCUT2D eigenvalue weighted by Crippen LogP contribution is 2.36. The van der Waals surface area contributed by atoms with Crippen molar-refractivity contribution in [3.8, 4) is 16.9 Å². The van der Waals surface area contributed by atoms with Crippen molar-refractivity contribution in [1.82, 2.24) is 10.2 Å². The summed E-state index contributed by atoms with van der Waals surface area (Å²) in [6, 6.07) is 11.7. The molecule has 0 fully saturated rings. The van der Waals surface area contributed by atoms with Crippen LogP contribution in [0.1, 0.15) is 25.3 Å². The number of H-pyrrole nitrogens is 1. The van der Waals surface area contributed by atoms with Gasteiger partial charge in [-0.3, -0.25) is 5.10 Å². The number of anilines is 1. The number of phenols is 1. The zero-order chi connectivity index (χ0) is 14.3. The average Bonchev–Trinajstić information content (AvgIpc) is 2.80. The Morgan fingerprint density at radius 2 is 2.00 bits per heavy atom. The molecule has 4 N–H and O–H groups in total. The normalized spacial score (nSPS) is 11.3. The molecule has 0 aliphatic rings. The van der Waals surface area contributed by atoms with Crippen molar-refractivity contribution >= 4 is 16.7 Å². The van der Waals surface area contributed by atoms with Gasteiger partial charge in [0.1, 0.15) is 5.75 Å². The quantitative estimate of drug-likeness (QED) is 0.663. The van der Waals surface area contributed by atoms with Crippen LogP contribution in [0.25, 0.3) is 22.0 Å². The van der Waals surface area contributed by atoms with Crippen LogP contribution in [0.4, 0.5) is 5.82 Å². The summed E-state index contributed by atoms with van der Waals surface area (Å²) in [5.41, 5.74) is 9.36. The predicted octanol–water partition coefficient (Wildman–Crippen LogP) is 3.64. The van der Waals surface area contributed by atoms with Crippen molar-refractivity contribution in [1.29, 1.82) is 0 Å². The highest BCUT2D eigenvalue weighted by Gasteiger charge is 2.12. The van der Waals surface area contributed by atoms with Gasteiger partial charge in [0.25, 0.3) is 0 Å². The topological polar surface area (TPSA) is 74.9 Å². The standard InChI is InChI=1S/C16H17N3O/c1-9(2)11-4-3-5-12(15(11)20)10-6-7-13-14(8-10)18-19-16(13)17/h3-9,20H,1-2H3,(H3,17,18,19). The summed E-state index contributed by atoms with van der Waals surface area (Å²) in [5, 5.41) is 18.2. The van der Waals surface area contributed by atoms with Crippen LogP contribution in [0.3, 0.4) is 0 Å². The second-order valence-corrected chi connectivity index (χ2v) is 5.27. The highest BCUT2D eigenvalue weighted by atomic mass is 16.3. The van der Waals surface area contributed by atoms with Gasteiger partial charge in [-0.25, -0.2) is 0 Å². The monoisotopic (exact) mass is 267 g/mol. The number of hydrogen-bond donors (Lipinski definition) is 3. The van der Waals surface area contributed by atoms with E-state index in [1.807, 2.05) is 36.4 Å². The van der Waals surface area contributed by atoms with Crippen molar-refractivity contribution in [3.05, 3.63) is 42.0 Å². The molecule has 0 aliphatic carbocycles. The molecule has 4 nitrogen and oxygen atoms in total. The maximum absolute atomic E-state index is 10.4. The van der Waals surface area contributed by atoms with Crippen LogP contribution < -0.4 is 5.73 Å². The lowest BCUT2D eigenvalue weighted by molar-refractivity contribution is 0.467. The zero-order valence-electron chi connectivity index (χ0n) is 11.5.